The predicted molar refractivity (Wildman–Crippen MR) is 140 cm³/mol. The molecule has 0 bridgehead atoms. The van der Waals surface area contributed by atoms with E-state index in [-0.39, 0.29) is 16.4 Å². The molecule has 188 valence electrons. The Bertz CT molecular complexity index is 1230. The molecule has 10 heteroatoms. The van der Waals surface area contributed by atoms with E-state index in [0.29, 0.717) is 41.5 Å². The number of ether oxygens (including phenoxy) is 2. The van der Waals surface area contributed by atoms with Crippen molar-refractivity contribution >= 4 is 34.9 Å². The summed E-state index contributed by atoms with van der Waals surface area (Å²) in [7, 11) is 0. The molecule has 0 aromatic heterocycles. The monoisotopic (exact) mass is 509 g/mol. The second-order valence-corrected chi connectivity index (χ2v) is 7.97. The molecule has 36 heavy (non-hydrogen) atoms. The number of carbonyl (C=O) groups is 2. The van der Waals surface area contributed by atoms with Gasteiger partial charge in [-0.25, -0.2) is 0 Å². The third-order valence-corrected chi connectivity index (χ3v) is 5.42. The molecule has 3 rings (SSSR count). The van der Waals surface area contributed by atoms with Gasteiger partial charge in [0.2, 0.25) is 0 Å². The van der Waals surface area contributed by atoms with Crippen molar-refractivity contribution in [3.63, 3.8) is 0 Å². The summed E-state index contributed by atoms with van der Waals surface area (Å²) in [4.78, 5) is 25.8. The van der Waals surface area contributed by atoms with Crippen molar-refractivity contribution in [3.8, 4) is 11.5 Å². The van der Waals surface area contributed by atoms with Crippen molar-refractivity contribution in [1.29, 1.82) is 5.41 Å². The van der Waals surface area contributed by atoms with Gasteiger partial charge >= 0.3 is 0 Å². The Morgan fingerprint density at radius 3 is 2.25 bits per heavy atom. The van der Waals surface area contributed by atoms with Crippen molar-refractivity contribution in [2.24, 2.45) is 5.73 Å². The zero-order valence-corrected chi connectivity index (χ0v) is 20.7. The average Bonchev–Trinajstić information content (AvgIpc) is 2.87. The molecular weight excluding hydrogens is 482 g/mol. The molecule has 0 saturated carbocycles. The Balaban J connectivity index is 1.88. The number of rotatable bonds is 10. The van der Waals surface area contributed by atoms with E-state index in [2.05, 4.69) is 16.2 Å². The maximum atomic E-state index is 13.3. The molecule has 3 aromatic carbocycles. The highest BCUT2D eigenvalue weighted by atomic mass is 35.5. The van der Waals surface area contributed by atoms with Gasteiger partial charge in [-0.05, 0) is 67.9 Å². The number of hydrogen-bond donors (Lipinski definition) is 5. The number of nitrogens with one attached hydrogen (secondary N) is 4. The number of halogens is 1. The Hall–Kier alpha value is -4.24. The molecule has 0 spiro atoms. The first kappa shape index (κ1) is 26.4. The van der Waals surface area contributed by atoms with Gasteiger partial charge < -0.3 is 20.5 Å². The van der Waals surface area contributed by atoms with Crippen molar-refractivity contribution < 1.29 is 19.1 Å². The second kappa shape index (κ2) is 12.5. The van der Waals surface area contributed by atoms with E-state index < -0.39 is 17.9 Å². The van der Waals surface area contributed by atoms with Crippen LogP contribution in [0.3, 0.4) is 0 Å². The van der Waals surface area contributed by atoms with Gasteiger partial charge in [-0.1, -0.05) is 29.8 Å². The number of amides is 2. The highest BCUT2D eigenvalue weighted by Gasteiger charge is 2.23. The lowest BCUT2D eigenvalue weighted by Gasteiger charge is -2.22. The number of hydrogen-bond acceptors (Lipinski definition) is 6. The SMILES string of the molecule is CCOc1ccc(C(Nc2ccc(C(=N)N)cc2)C(=O)NNC(=O)c2ccccc2Cl)cc1OCC. The van der Waals surface area contributed by atoms with Crippen LogP contribution in [0.4, 0.5) is 5.69 Å². The summed E-state index contributed by atoms with van der Waals surface area (Å²) in [6.07, 6.45) is 0. The van der Waals surface area contributed by atoms with Crippen molar-refractivity contribution in [1.82, 2.24) is 10.9 Å². The van der Waals surface area contributed by atoms with E-state index in [1.165, 1.54) is 0 Å². The topological polar surface area (TPSA) is 139 Å². The highest BCUT2D eigenvalue weighted by molar-refractivity contribution is 6.33. The fraction of sp³-hybridized carbons (Fsp3) is 0.192. The van der Waals surface area contributed by atoms with Crippen LogP contribution in [0.1, 0.15) is 41.4 Å². The summed E-state index contributed by atoms with van der Waals surface area (Å²) in [5.74, 6) is -0.104. The van der Waals surface area contributed by atoms with E-state index in [4.69, 9.17) is 32.2 Å². The summed E-state index contributed by atoms with van der Waals surface area (Å²) in [6, 6.07) is 17.5. The molecule has 3 aromatic rings. The van der Waals surface area contributed by atoms with Crippen LogP contribution in [0.15, 0.2) is 66.7 Å². The van der Waals surface area contributed by atoms with Crippen LogP contribution in [0.2, 0.25) is 5.02 Å². The van der Waals surface area contributed by atoms with Gasteiger partial charge in [0.25, 0.3) is 11.8 Å². The van der Waals surface area contributed by atoms with E-state index in [1.807, 2.05) is 13.8 Å². The molecule has 0 aliphatic carbocycles. The van der Waals surface area contributed by atoms with Crippen LogP contribution < -0.4 is 31.4 Å². The number of amidine groups is 1. The van der Waals surface area contributed by atoms with Crippen molar-refractivity contribution in [2.75, 3.05) is 18.5 Å². The maximum Gasteiger partial charge on any atom is 0.271 e. The van der Waals surface area contributed by atoms with Gasteiger partial charge in [0, 0.05) is 11.3 Å². The van der Waals surface area contributed by atoms with Crippen LogP contribution in [0, 0.1) is 5.41 Å². The molecule has 1 atom stereocenters. The summed E-state index contributed by atoms with van der Waals surface area (Å²) >= 11 is 6.09. The summed E-state index contributed by atoms with van der Waals surface area (Å²) in [5.41, 5.74) is 12.4. The Morgan fingerprint density at radius 2 is 1.61 bits per heavy atom. The highest BCUT2D eigenvalue weighted by Crippen LogP contribution is 2.32. The first-order valence-corrected chi connectivity index (χ1v) is 11.7. The van der Waals surface area contributed by atoms with E-state index in [0.717, 1.165) is 0 Å². The molecule has 0 fully saturated rings. The van der Waals surface area contributed by atoms with Gasteiger partial charge in [-0.3, -0.25) is 25.8 Å². The van der Waals surface area contributed by atoms with Gasteiger partial charge in [0.15, 0.2) is 11.5 Å². The number of hydrazine groups is 1. The van der Waals surface area contributed by atoms with Crippen molar-refractivity contribution in [2.45, 2.75) is 19.9 Å². The molecule has 6 N–H and O–H groups in total. The first-order valence-electron chi connectivity index (χ1n) is 11.3. The van der Waals surface area contributed by atoms with Crippen LogP contribution in [0.25, 0.3) is 0 Å². The lowest BCUT2D eigenvalue weighted by molar-refractivity contribution is -0.122. The Kier molecular flexibility index (Phi) is 9.13. The van der Waals surface area contributed by atoms with Crippen LogP contribution in [0.5, 0.6) is 11.5 Å². The van der Waals surface area contributed by atoms with Crippen LogP contribution in [-0.4, -0.2) is 30.9 Å². The molecule has 2 amide bonds. The van der Waals surface area contributed by atoms with Gasteiger partial charge in [0.1, 0.15) is 11.9 Å². The average molecular weight is 510 g/mol. The first-order chi connectivity index (χ1) is 17.3. The minimum atomic E-state index is -0.922. The quantitative estimate of drug-likeness (QED) is 0.159. The third-order valence-electron chi connectivity index (χ3n) is 5.09. The molecule has 0 radical (unpaired) electrons. The van der Waals surface area contributed by atoms with Gasteiger partial charge in [0.05, 0.1) is 23.8 Å². The summed E-state index contributed by atoms with van der Waals surface area (Å²) in [5, 5.41) is 11.0. The molecule has 1 unspecified atom stereocenters. The number of carbonyl (C=O) groups excluding carboxylic acids is 2. The predicted octanol–water partition coefficient (Wildman–Crippen LogP) is 4.04. The molecular formula is C26H28ClN5O4. The minimum absolute atomic E-state index is 0.0639. The Morgan fingerprint density at radius 1 is 0.944 bits per heavy atom. The molecule has 0 heterocycles. The lowest BCUT2D eigenvalue weighted by Crippen LogP contribution is -2.45. The molecule has 9 nitrogen and oxygen atoms in total. The van der Waals surface area contributed by atoms with E-state index in [1.54, 1.807) is 66.7 Å². The fourth-order valence-electron chi connectivity index (χ4n) is 3.36. The Labute approximate surface area is 214 Å². The van der Waals surface area contributed by atoms with E-state index >= 15 is 0 Å². The lowest BCUT2D eigenvalue weighted by atomic mass is 10.0. The van der Waals surface area contributed by atoms with Gasteiger partial charge in [-0.2, -0.15) is 0 Å². The third kappa shape index (κ3) is 6.67. The molecule has 0 saturated heterocycles. The number of anilines is 1. The smallest absolute Gasteiger partial charge is 0.271 e. The standard InChI is InChI=1S/C26H28ClN5O4/c1-3-35-21-14-11-17(15-22(21)36-4-2)23(30-18-12-9-16(10-13-18)24(28)29)26(34)32-31-25(33)19-7-5-6-8-20(19)27/h5-15,23,30H,3-4H2,1-2H3,(H3,28,29)(H,31,33)(H,32,34). The number of nitrogens with two attached hydrogens (primary N) is 1. The van der Waals surface area contributed by atoms with E-state index in [9.17, 15) is 9.59 Å². The van der Waals surface area contributed by atoms with Crippen molar-refractivity contribution in [3.05, 3.63) is 88.4 Å². The largest absolute Gasteiger partial charge is 0.490 e. The minimum Gasteiger partial charge on any atom is -0.490 e. The zero-order chi connectivity index (χ0) is 26.1. The normalized spacial score (nSPS) is 11.2. The van der Waals surface area contributed by atoms with Crippen LogP contribution >= 0.6 is 11.6 Å². The second-order valence-electron chi connectivity index (χ2n) is 7.56. The zero-order valence-electron chi connectivity index (χ0n) is 19.9. The van der Waals surface area contributed by atoms with Crippen LogP contribution in [-0.2, 0) is 4.79 Å². The summed E-state index contributed by atoms with van der Waals surface area (Å²) < 4.78 is 11.3. The maximum absolute atomic E-state index is 13.3. The number of nitrogen functional groups attached to an aromatic ring is 1. The summed E-state index contributed by atoms with van der Waals surface area (Å²) in [6.45, 7) is 4.59. The molecule has 0 aliphatic rings. The molecule has 0 aliphatic heterocycles. The number of benzene rings is 3. The fourth-order valence-corrected chi connectivity index (χ4v) is 3.58. The van der Waals surface area contributed by atoms with Gasteiger partial charge in [-0.15, -0.1) is 0 Å².